The Labute approximate surface area is 115 Å². The van der Waals surface area contributed by atoms with Crippen LogP contribution in [0.4, 0.5) is 0 Å². The van der Waals surface area contributed by atoms with Gasteiger partial charge in [-0.15, -0.1) is 0 Å². The molecule has 20 heavy (non-hydrogen) atoms. The molecule has 2 N–H and O–H groups in total. The molecule has 1 aromatic heterocycles. The van der Waals surface area contributed by atoms with E-state index in [1.54, 1.807) is 12.1 Å². The predicted molar refractivity (Wildman–Crippen MR) is 76.3 cm³/mol. The van der Waals surface area contributed by atoms with Crippen molar-refractivity contribution in [2.45, 2.75) is 18.9 Å². The first-order valence-electron chi connectivity index (χ1n) is 6.76. The number of pyridine rings is 1. The van der Waals surface area contributed by atoms with Crippen molar-refractivity contribution in [2.24, 2.45) is 0 Å². The lowest BCUT2D eigenvalue weighted by atomic mass is 10.0. The van der Waals surface area contributed by atoms with Crippen molar-refractivity contribution < 1.29 is 9.90 Å². The fourth-order valence-corrected chi connectivity index (χ4v) is 2.83. The summed E-state index contributed by atoms with van der Waals surface area (Å²) in [5.41, 5.74) is 0.235. The average Bonchev–Trinajstić information content (AvgIpc) is 2.48. The van der Waals surface area contributed by atoms with E-state index in [1.165, 1.54) is 6.20 Å². The van der Waals surface area contributed by atoms with Gasteiger partial charge in [0.1, 0.15) is 5.56 Å². The van der Waals surface area contributed by atoms with Gasteiger partial charge >= 0.3 is 5.97 Å². The molecule has 0 amide bonds. The largest absolute Gasteiger partial charge is 0.477 e. The minimum atomic E-state index is -1.17. The summed E-state index contributed by atoms with van der Waals surface area (Å²) < 4.78 is 1.94. The molecule has 1 aliphatic heterocycles. The minimum Gasteiger partial charge on any atom is -0.477 e. The molecule has 104 valence electrons. The number of benzene rings is 1. The van der Waals surface area contributed by atoms with Crippen molar-refractivity contribution in [3.63, 3.8) is 0 Å². The summed E-state index contributed by atoms with van der Waals surface area (Å²) in [5, 5.41) is 13.0. The average molecular weight is 272 g/mol. The van der Waals surface area contributed by atoms with Crippen LogP contribution in [0.1, 0.15) is 29.2 Å². The van der Waals surface area contributed by atoms with Crippen LogP contribution in [0.3, 0.4) is 0 Å². The number of hydrogen-bond donors (Lipinski definition) is 2. The van der Waals surface area contributed by atoms with Crippen LogP contribution < -0.4 is 10.7 Å². The van der Waals surface area contributed by atoms with E-state index in [2.05, 4.69) is 5.32 Å². The molecule has 1 aromatic carbocycles. The molecule has 1 saturated heterocycles. The molecule has 5 heteroatoms. The highest BCUT2D eigenvalue weighted by Gasteiger charge is 2.20. The van der Waals surface area contributed by atoms with Crippen LogP contribution >= 0.6 is 0 Å². The van der Waals surface area contributed by atoms with Crippen molar-refractivity contribution in [1.29, 1.82) is 0 Å². The lowest BCUT2D eigenvalue weighted by molar-refractivity contribution is 0.0694. The maximum Gasteiger partial charge on any atom is 0.341 e. The number of carboxylic acid groups (broad SMARTS) is 1. The number of piperidine rings is 1. The van der Waals surface area contributed by atoms with Gasteiger partial charge in [-0.3, -0.25) is 4.79 Å². The van der Waals surface area contributed by atoms with E-state index in [-0.39, 0.29) is 11.6 Å². The predicted octanol–water partition coefficient (Wildman–Crippen LogP) is 1.62. The number of aromatic carboxylic acids is 1. The van der Waals surface area contributed by atoms with E-state index < -0.39 is 11.4 Å². The summed E-state index contributed by atoms with van der Waals surface area (Å²) in [4.78, 5) is 23.5. The Kier molecular flexibility index (Phi) is 3.28. The SMILES string of the molecule is O=C(O)c1cn(C2CCCNC2)c2ccccc2c1=O. The third-order valence-electron chi connectivity index (χ3n) is 3.83. The summed E-state index contributed by atoms with van der Waals surface area (Å²) in [6.07, 6.45) is 3.52. The highest BCUT2D eigenvalue weighted by atomic mass is 16.4. The van der Waals surface area contributed by atoms with Crippen LogP contribution in [0.15, 0.2) is 35.3 Å². The Morgan fingerprint density at radius 2 is 2.15 bits per heavy atom. The summed E-state index contributed by atoms with van der Waals surface area (Å²) >= 11 is 0. The first kappa shape index (κ1) is 12.9. The van der Waals surface area contributed by atoms with Gasteiger partial charge in [-0.25, -0.2) is 4.79 Å². The van der Waals surface area contributed by atoms with Crippen LogP contribution in [0, 0.1) is 0 Å². The van der Waals surface area contributed by atoms with Gasteiger partial charge in [0.2, 0.25) is 5.43 Å². The second kappa shape index (κ2) is 5.09. The van der Waals surface area contributed by atoms with Crippen LogP contribution in [-0.4, -0.2) is 28.7 Å². The maximum atomic E-state index is 12.2. The van der Waals surface area contributed by atoms with Gasteiger partial charge in [0.15, 0.2) is 0 Å². The number of aromatic nitrogens is 1. The fourth-order valence-electron chi connectivity index (χ4n) is 2.83. The third kappa shape index (κ3) is 2.10. The number of nitrogens with zero attached hydrogens (tertiary/aromatic N) is 1. The highest BCUT2D eigenvalue weighted by Crippen LogP contribution is 2.22. The van der Waals surface area contributed by atoms with E-state index in [1.807, 2.05) is 16.7 Å². The summed E-state index contributed by atoms with van der Waals surface area (Å²) in [6, 6.07) is 7.38. The molecule has 0 aliphatic carbocycles. The number of carboxylic acids is 1. The maximum absolute atomic E-state index is 12.2. The van der Waals surface area contributed by atoms with Crippen LogP contribution in [0.5, 0.6) is 0 Å². The topological polar surface area (TPSA) is 71.3 Å². The Bertz CT molecular complexity index is 715. The number of para-hydroxylation sites is 1. The summed E-state index contributed by atoms with van der Waals surface area (Å²) in [7, 11) is 0. The molecular weight excluding hydrogens is 256 g/mol. The zero-order valence-electron chi connectivity index (χ0n) is 11.0. The van der Waals surface area contributed by atoms with Crippen molar-refractivity contribution in [3.8, 4) is 0 Å². The Hall–Kier alpha value is -2.14. The second-order valence-corrected chi connectivity index (χ2v) is 5.10. The fraction of sp³-hybridized carbons (Fsp3) is 0.333. The van der Waals surface area contributed by atoms with Crippen molar-refractivity contribution >= 4 is 16.9 Å². The summed E-state index contributed by atoms with van der Waals surface area (Å²) in [5.74, 6) is -1.17. The normalized spacial score (nSPS) is 19.1. The number of fused-ring (bicyclic) bond motifs is 1. The highest BCUT2D eigenvalue weighted by molar-refractivity contribution is 5.92. The number of carbonyl (C=O) groups is 1. The van der Waals surface area contributed by atoms with E-state index in [9.17, 15) is 14.7 Å². The lowest BCUT2D eigenvalue weighted by Gasteiger charge is -2.27. The molecule has 2 heterocycles. The zero-order chi connectivity index (χ0) is 14.1. The molecule has 1 atom stereocenters. The Morgan fingerprint density at radius 1 is 1.35 bits per heavy atom. The first-order chi connectivity index (χ1) is 9.68. The van der Waals surface area contributed by atoms with Crippen LogP contribution in [0.25, 0.3) is 10.9 Å². The van der Waals surface area contributed by atoms with E-state index in [4.69, 9.17) is 0 Å². The molecule has 0 saturated carbocycles. The van der Waals surface area contributed by atoms with E-state index >= 15 is 0 Å². The minimum absolute atomic E-state index is 0.158. The van der Waals surface area contributed by atoms with Gasteiger partial charge in [0.25, 0.3) is 0 Å². The molecule has 1 unspecified atom stereocenters. The van der Waals surface area contributed by atoms with Crippen LogP contribution in [-0.2, 0) is 0 Å². The van der Waals surface area contributed by atoms with Gasteiger partial charge in [0, 0.05) is 24.2 Å². The lowest BCUT2D eigenvalue weighted by Crippen LogP contribution is -2.33. The van der Waals surface area contributed by atoms with E-state index in [0.29, 0.717) is 5.39 Å². The standard InChI is InChI=1S/C15H16N2O3/c18-14-11-5-1-2-6-13(11)17(9-12(14)15(19)20)10-4-3-7-16-8-10/h1-2,5-6,9-10,16H,3-4,7-8H2,(H,19,20). The molecule has 1 aliphatic rings. The number of rotatable bonds is 2. The molecule has 0 bridgehead atoms. The molecule has 2 aromatic rings. The zero-order valence-corrected chi connectivity index (χ0v) is 11.0. The van der Waals surface area contributed by atoms with Crippen molar-refractivity contribution in [2.75, 3.05) is 13.1 Å². The molecule has 1 fully saturated rings. The van der Waals surface area contributed by atoms with Gasteiger partial charge in [-0.1, -0.05) is 12.1 Å². The molecule has 5 nitrogen and oxygen atoms in total. The molecule has 0 spiro atoms. The Morgan fingerprint density at radius 3 is 2.85 bits per heavy atom. The van der Waals surface area contributed by atoms with Gasteiger partial charge in [-0.05, 0) is 31.5 Å². The van der Waals surface area contributed by atoms with E-state index in [0.717, 1.165) is 31.4 Å². The first-order valence-corrected chi connectivity index (χ1v) is 6.76. The number of nitrogens with one attached hydrogen (secondary N) is 1. The van der Waals surface area contributed by atoms with Gasteiger partial charge in [-0.2, -0.15) is 0 Å². The molecular formula is C15H16N2O3. The smallest absolute Gasteiger partial charge is 0.341 e. The van der Waals surface area contributed by atoms with Crippen molar-refractivity contribution in [1.82, 2.24) is 9.88 Å². The Balaban J connectivity index is 2.26. The monoisotopic (exact) mass is 272 g/mol. The quantitative estimate of drug-likeness (QED) is 0.871. The number of hydrogen-bond acceptors (Lipinski definition) is 3. The molecule has 0 radical (unpaired) electrons. The molecule has 3 rings (SSSR count). The van der Waals surface area contributed by atoms with Gasteiger partial charge in [0.05, 0.1) is 5.52 Å². The van der Waals surface area contributed by atoms with Crippen LogP contribution in [0.2, 0.25) is 0 Å². The van der Waals surface area contributed by atoms with Gasteiger partial charge < -0.3 is 15.0 Å². The van der Waals surface area contributed by atoms with Crippen molar-refractivity contribution in [3.05, 3.63) is 46.2 Å². The second-order valence-electron chi connectivity index (χ2n) is 5.10. The third-order valence-corrected chi connectivity index (χ3v) is 3.83. The summed E-state index contributed by atoms with van der Waals surface area (Å²) in [6.45, 7) is 1.78.